The predicted molar refractivity (Wildman–Crippen MR) is 101 cm³/mol. The van der Waals surface area contributed by atoms with Crippen molar-refractivity contribution < 1.29 is 19.2 Å². The van der Waals surface area contributed by atoms with E-state index < -0.39 is 11.0 Å². The quantitative estimate of drug-likeness (QED) is 0.459. The smallest absolute Gasteiger partial charge is 0.414 e. The maximum Gasteiger partial charge on any atom is 0.414 e. The fraction of sp³-hybridized carbons (Fsp3) is 0.222. The summed E-state index contributed by atoms with van der Waals surface area (Å²) in [6.45, 7) is 0.741. The Bertz CT molecular complexity index is 1040. The number of amides is 1. The molecule has 0 spiro atoms. The van der Waals surface area contributed by atoms with Crippen LogP contribution >= 0.6 is 0 Å². The van der Waals surface area contributed by atoms with Crippen molar-refractivity contribution in [3.63, 3.8) is 0 Å². The van der Waals surface area contributed by atoms with Gasteiger partial charge in [-0.25, -0.2) is 9.48 Å². The van der Waals surface area contributed by atoms with Crippen molar-refractivity contribution in [1.29, 1.82) is 0 Å². The van der Waals surface area contributed by atoms with Crippen LogP contribution in [0.4, 0.5) is 16.3 Å². The van der Waals surface area contributed by atoms with E-state index in [1.54, 1.807) is 41.3 Å². The molecule has 11 nitrogen and oxygen atoms in total. The van der Waals surface area contributed by atoms with Gasteiger partial charge in [-0.2, -0.15) is 0 Å². The average molecular weight is 396 g/mol. The number of carbonyl (C=O) groups excluding carboxylic acids is 1. The zero-order valence-electron chi connectivity index (χ0n) is 15.3. The van der Waals surface area contributed by atoms with Crippen molar-refractivity contribution in [3.8, 4) is 16.9 Å². The van der Waals surface area contributed by atoms with Crippen molar-refractivity contribution in [3.05, 3.63) is 59.0 Å². The van der Waals surface area contributed by atoms with Crippen LogP contribution in [-0.4, -0.2) is 50.8 Å². The second-order valence-corrected chi connectivity index (χ2v) is 6.29. The SMILES string of the molecule is COc1cc(-c2ccc([N+](=O)[O-])nc2)ccc1N1C[C@H](Cn2ccnn2)OC1=O. The van der Waals surface area contributed by atoms with E-state index in [1.165, 1.54) is 24.3 Å². The number of rotatable bonds is 6. The molecule has 0 unspecified atom stereocenters. The third kappa shape index (κ3) is 3.70. The normalized spacial score (nSPS) is 16.0. The summed E-state index contributed by atoms with van der Waals surface area (Å²) in [5, 5.41) is 18.4. The number of nitro groups is 1. The minimum Gasteiger partial charge on any atom is -0.495 e. The van der Waals surface area contributed by atoms with Gasteiger partial charge in [-0.15, -0.1) is 5.10 Å². The van der Waals surface area contributed by atoms with Crippen LogP contribution in [0.25, 0.3) is 11.1 Å². The lowest BCUT2D eigenvalue weighted by Gasteiger charge is -2.17. The summed E-state index contributed by atoms with van der Waals surface area (Å²) in [5.74, 6) is 0.245. The van der Waals surface area contributed by atoms with Gasteiger partial charge in [-0.3, -0.25) is 4.90 Å². The van der Waals surface area contributed by atoms with Gasteiger partial charge >= 0.3 is 11.9 Å². The summed E-state index contributed by atoms with van der Waals surface area (Å²) < 4.78 is 12.5. The summed E-state index contributed by atoms with van der Waals surface area (Å²) in [6, 6.07) is 8.23. The second kappa shape index (κ2) is 7.54. The minimum absolute atomic E-state index is 0.226. The molecule has 29 heavy (non-hydrogen) atoms. The Kier molecular flexibility index (Phi) is 4.77. The molecule has 0 radical (unpaired) electrons. The Morgan fingerprint density at radius 3 is 2.79 bits per heavy atom. The molecule has 0 N–H and O–H groups in total. The molecule has 148 valence electrons. The summed E-state index contributed by atoms with van der Waals surface area (Å²) in [7, 11) is 1.50. The van der Waals surface area contributed by atoms with Gasteiger partial charge in [0.2, 0.25) is 0 Å². The molecule has 0 saturated carbocycles. The van der Waals surface area contributed by atoms with Gasteiger partial charge in [0.1, 0.15) is 18.1 Å². The lowest BCUT2D eigenvalue weighted by Crippen LogP contribution is -2.26. The van der Waals surface area contributed by atoms with Gasteiger partial charge in [0.05, 0.1) is 32.1 Å². The van der Waals surface area contributed by atoms with E-state index in [1.807, 2.05) is 0 Å². The minimum atomic E-state index is -0.553. The number of ether oxygens (including phenoxy) is 2. The number of nitrogens with zero attached hydrogens (tertiary/aromatic N) is 6. The van der Waals surface area contributed by atoms with Crippen LogP contribution in [0.1, 0.15) is 0 Å². The standard InChI is InChI=1S/C18H16N6O5/c1-28-16-8-12(13-3-5-17(19-9-13)24(26)27)2-4-15(16)23-11-14(29-18(23)25)10-22-7-6-20-21-22/h2-9,14H,10-11H2,1H3/t14-/m0/s1. The number of methoxy groups -OCH3 is 1. The number of cyclic esters (lactones) is 1. The van der Waals surface area contributed by atoms with E-state index in [4.69, 9.17) is 9.47 Å². The number of hydrogen-bond acceptors (Lipinski definition) is 8. The molecular weight excluding hydrogens is 380 g/mol. The molecule has 3 heterocycles. The molecule has 4 rings (SSSR count). The van der Waals surface area contributed by atoms with Crippen molar-refractivity contribution in [2.45, 2.75) is 12.6 Å². The fourth-order valence-electron chi connectivity index (χ4n) is 3.10. The number of hydrogen-bond donors (Lipinski definition) is 0. The first-order valence-corrected chi connectivity index (χ1v) is 8.66. The highest BCUT2D eigenvalue weighted by Gasteiger charge is 2.34. The van der Waals surface area contributed by atoms with E-state index >= 15 is 0 Å². The van der Waals surface area contributed by atoms with Gasteiger partial charge in [0.15, 0.2) is 0 Å². The lowest BCUT2D eigenvalue weighted by atomic mass is 10.1. The topological polar surface area (TPSA) is 126 Å². The number of aromatic nitrogens is 4. The molecule has 1 aliphatic rings. The lowest BCUT2D eigenvalue weighted by molar-refractivity contribution is -0.389. The molecule has 1 atom stereocenters. The molecule has 0 aliphatic carbocycles. The zero-order valence-corrected chi connectivity index (χ0v) is 15.3. The van der Waals surface area contributed by atoms with Crippen LogP contribution in [-0.2, 0) is 11.3 Å². The second-order valence-electron chi connectivity index (χ2n) is 6.29. The fourth-order valence-corrected chi connectivity index (χ4v) is 3.10. The molecule has 1 saturated heterocycles. The van der Waals surface area contributed by atoms with E-state index in [0.29, 0.717) is 30.1 Å². The monoisotopic (exact) mass is 396 g/mol. The number of carbonyl (C=O) groups is 1. The maximum atomic E-state index is 12.4. The van der Waals surface area contributed by atoms with Gasteiger partial charge in [0, 0.05) is 17.8 Å². The highest BCUT2D eigenvalue weighted by Crippen LogP contribution is 2.35. The molecular formula is C18H16N6O5. The van der Waals surface area contributed by atoms with Crippen molar-refractivity contribution in [2.24, 2.45) is 0 Å². The third-order valence-corrected chi connectivity index (χ3v) is 4.48. The average Bonchev–Trinajstić information content (AvgIpc) is 3.37. The van der Waals surface area contributed by atoms with Gasteiger partial charge in [0.25, 0.3) is 0 Å². The molecule has 1 aromatic carbocycles. The molecule has 2 aromatic heterocycles. The van der Waals surface area contributed by atoms with Gasteiger partial charge in [-0.1, -0.05) is 11.3 Å². The Hall–Kier alpha value is -4.02. The number of pyridine rings is 1. The zero-order chi connectivity index (χ0) is 20.4. The highest BCUT2D eigenvalue weighted by molar-refractivity contribution is 5.92. The summed E-state index contributed by atoms with van der Waals surface area (Å²) >= 11 is 0. The van der Waals surface area contributed by atoms with E-state index in [2.05, 4.69) is 15.3 Å². The third-order valence-electron chi connectivity index (χ3n) is 4.48. The summed E-state index contributed by atoms with van der Waals surface area (Å²) in [5.41, 5.74) is 2.01. The Morgan fingerprint density at radius 1 is 1.31 bits per heavy atom. The van der Waals surface area contributed by atoms with Crippen molar-refractivity contribution >= 4 is 17.6 Å². The first-order chi connectivity index (χ1) is 14.0. The number of anilines is 1. The molecule has 1 fully saturated rings. The largest absolute Gasteiger partial charge is 0.495 e. The summed E-state index contributed by atoms with van der Waals surface area (Å²) in [4.78, 5) is 27.9. The Labute approximate surface area is 164 Å². The maximum absolute atomic E-state index is 12.4. The first-order valence-electron chi connectivity index (χ1n) is 8.66. The predicted octanol–water partition coefficient (Wildman–Crippen LogP) is 2.28. The molecule has 1 aliphatic heterocycles. The van der Waals surface area contributed by atoms with E-state index in [0.717, 1.165) is 5.56 Å². The summed E-state index contributed by atoms with van der Waals surface area (Å²) in [6.07, 6.45) is 3.84. The van der Waals surface area contributed by atoms with E-state index in [9.17, 15) is 14.9 Å². The molecule has 11 heteroatoms. The van der Waals surface area contributed by atoms with Crippen LogP contribution in [0, 0.1) is 10.1 Å². The molecule has 3 aromatic rings. The van der Waals surface area contributed by atoms with Crippen molar-refractivity contribution in [1.82, 2.24) is 20.0 Å². The number of benzene rings is 1. The van der Waals surface area contributed by atoms with Crippen molar-refractivity contribution in [2.75, 3.05) is 18.6 Å². The van der Waals surface area contributed by atoms with Crippen LogP contribution in [0.3, 0.4) is 0 Å². The Morgan fingerprint density at radius 2 is 2.14 bits per heavy atom. The highest BCUT2D eigenvalue weighted by atomic mass is 16.6. The van der Waals surface area contributed by atoms with Crippen LogP contribution in [0.15, 0.2) is 48.9 Å². The van der Waals surface area contributed by atoms with Crippen LogP contribution in [0.2, 0.25) is 0 Å². The Balaban J connectivity index is 1.56. The van der Waals surface area contributed by atoms with Gasteiger partial charge in [-0.05, 0) is 33.7 Å². The van der Waals surface area contributed by atoms with Crippen LogP contribution < -0.4 is 9.64 Å². The molecule has 0 bridgehead atoms. The van der Waals surface area contributed by atoms with Gasteiger partial charge < -0.3 is 19.6 Å². The van der Waals surface area contributed by atoms with Crippen LogP contribution in [0.5, 0.6) is 5.75 Å². The first kappa shape index (κ1) is 18.3. The molecule has 1 amide bonds. The van der Waals surface area contributed by atoms with E-state index in [-0.39, 0.29) is 11.9 Å².